The number of hydrogen-bond donors (Lipinski definition) is 0. The molecule has 0 N–H and O–H groups in total. The number of carbonyl (C=O) groups is 1. The summed E-state index contributed by atoms with van der Waals surface area (Å²) >= 11 is 0. The fourth-order valence-corrected chi connectivity index (χ4v) is 1.36. The van der Waals surface area contributed by atoms with Crippen molar-refractivity contribution in [3.63, 3.8) is 0 Å². The molecule has 17 heavy (non-hydrogen) atoms. The summed E-state index contributed by atoms with van der Waals surface area (Å²) in [7, 11) is 0. The van der Waals surface area contributed by atoms with Crippen LogP contribution in [-0.4, -0.2) is 16.5 Å². The lowest BCUT2D eigenvalue weighted by Crippen LogP contribution is -2.20. The second-order valence-electron chi connectivity index (χ2n) is 4.21. The summed E-state index contributed by atoms with van der Waals surface area (Å²) in [5.41, 5.74) is 9.70. The predicted molar refractivity (Wildman–Crippen MR) is 64.3 cm³/mol. The maximum atomic E-state index is 11.6. The molecule has 0 aliphatic heterocycles. The molecule has 90 valence electrons. The van der Waals surface area contributed by atoms with E-state index < -0.39 is 5.97 Å². The summed E-state index contributed by atoms with van der Waals surface area (Å²) in [6.45, 7) is 4.07. The maximum Gasteiger partial charge on any atom is 0.417 e. The molecule has 0 unspecified atom stereocenters. The second kappa shape index (κ2) is 6.61. The minimum Gasteiger partial charge on any atom is -0.452 e. The smallest absolute Gasteiger partial charge is 0.417 e. The minimum atomic E-state index is -0.565. The molecule has 0 aliphatic rings. The van der Waals surface area contributed by atoms with E-state index in [1.54, 1.807) is 0 Å². The molecule has 0 heterocycles. The number of nitrogens with zero attached hydrogens (tertiary/aromatic N) is 2. The molecule has 0 bridgehead atoms. The molecule has 0 spiro atoms. The molecule has 1 aromatic carbocycles. The molecule has 1 aromatic rings. The van der Waals surface area contributed by atoms with Crippen molar-refractivity contribution >= 4 is 11.7 Å². The quantitative estimate of drug-likeness (QED) is 0.339. The first-order chi connectivity index (χ1) is 8.13. The van der Waals surface area contributed by atoms with E-state index in [0.29, 0.717) is 6.42 Å². The molecule has 0 aromatic heterocycles. The summed E-state index contributed by atoms with van der Waals surface area (Å²) in [6, 6.07) is 9.37. The maximum absolute atomic E-state index is 11.6. The molecule has 0 fully saturated rings. The van der Waals surface area contributed by atoms with E-state index in [0.717, 1.165) is 5.56 Å². The topological polar surface area (TPSA) is 62.7 Å². The van der Waals surface area contributed by atoms with Crippen molar-refractivity contribution in [3.05, 3.63) is 41.4 Å². The van der Waals surface area contributed by atoms with Crippen LogP contribution in [-0.2, 0) is 16.1 Å². The molecule has 0 radical (unpaired) electrons. The van der Waals surface area contributed by atoms with Crippen molar-refractivity contribution in [2.24, 2.45) is 5.92 Å². The Bertz CT molecular complexity index is 420. The van der Waals surface area contributed by atoms with Gasteiger partial charge in [0.25, 0.3) is 0 Å². The van der Waals surface area contributed by atoms with Gasteiger partial charge >= 0.3 is 11.7 Å². The van der Waals surface area contributed by atoms with E-state index >= 15 is 0 Å². The highest BCUT2D eigenvalue weighted by Gasteiger charge is 2.22. The molecule has 0 saturated heterocycles. The van der Waals surface area contributed by atoms with Crippen LogP contribution in [0.3, 0.4) is 0 Å². The lowest BCUT2D eigenvalue weighted by atomic mass is 10.1. The summed E-state index contributed by atoms with van der Waals surface area (Å²) in [5, 5.41) is 0. The Hall–Kier alpha value is -1.93. The van der Waals surface area contributed by atoms with Gasteiger partial charge in [0.1, 0.15) is 6.61 Å². The molecule has 4 nitrogen and oxygen atoms in total. The summed E-state index contributed by atoms with van der Waals surface area (Å²) in [5.74, 6) is -0.324. The van der Waals surface area contributed by atoms with Crippen molar-refractivity contribution in [2.45, 2.75) is 26.9 Å². The van der Waals surface area contributed by atoms with Gasteiger partial charge in [-0.3, -0.25) is 0 Å². The monoisotopic (exact) mass is 232 g/mol. The lowest BCUT2D eigenvalue weighted by molar-refractivity contribution is -0.142. The Kier molecular flexibility index (Phi) is 5.11. The minimum absolute atomic E-state index is 0.0657. The largest absolute Gasteiger partial charge is 0.452 e. The fourth-order valence-electron chi connectivity index (χ4n) is 1.36. The van der Waals surface area contributed by atoms with Gasteiger partial charge in [-0.1, -0.05) is 44.2 Å². The number of carbonyl (C=O) groups excluding carboxylic acids is 1. The lowest BCUT2D eigenvalue weighted by Gasteiger charge is -2.03. The third-order valence-corrected chi connectivity index (χ3v) is 2.17. The SMILES string of the molecule is CC(C)CC(=[N+]=[N-])C(=O)OCc1ccccc1. The van der Waals surface area contributed by atoms with E-state index in [1.807, 2.05) is 44.2 Å². The van der Waals surface area contributed by atoms with E-state index in [4.69, 9.17) is 10.3 Å². The van der Waals surface area contributed by atoms with Crippen LogP contribution in [0, 0.1) is 5.92 Å². The Morgan fingerprint density at radius 1 is 1.35 bits per heavy atom. The first-order valence-corrected chi connectivity index (χ1v) is 5.55. The highest BCUT2D eigenvalue weighted by Crippen LogP contribution is 2.04. The van der Waals surface area contributed by atoms with Crippen molar-refractivity contribution in [3.8, 4) is 0 Å². The van der Waals surface area contributed by atoms with Gasteiger partial charge in [0.2, 0.25) is 0 Å². The molecular formula is C13H16N2O2. The summed E-state index contributed by atoms with van der Waals surface area (Å²) < 4.78 is 5.05. The normalized spacial score (nSPS) is 9.82. The molecule has 0 saturated carbocycles. The summed E-state index contributed by atoms with van der Waals surface area (Å²) in [6.07, 6.45) is 0.407. The molecule has 0 aliphatic carbocycles. The molecular weight excluding hydrogens is 216 g/mol. The van der Waals surface area contributed by atoms with E-state index in [9.17, 15) is 4.79 Å². The number of rotatable bonds is 5. The molecule has 1 rings (SSSR count). The van der Waals surface area contributed by atoms with Crippen LogP contribution in [0.4, 0.5) is 0 Å². The summed E-state index contributed by atoms with van der Waals surface area (Å²) in [4.78, 5) is 14.6. The third kappa shape index (κ3) is 4.62. The van der Waals surface area contributed by atoms with Crippen LogP contribution in [0.1, 0.15) is 25.8 Å². The number of esters is 1. The number of benzene rings is 1. The first-order valence-electron chi connectivity index (χ1n) is 5.55. The zero-order chi connectivity index (χ0) is 12.7. The van der Waals surface area contributed by atoms with E-state index in [-0.39, 0.29) is 18.2 Å². The molecule has 4 heteroatoms. The van der Waals surface area contributed by atoms with Gasteiger partial charge in [-0.05, 0) is 11.5 Å². The number of ether oxygens (including phenoxy) is 1. The highest BCUT2D eigenvalue weighted by atomic mass is 16.5. The van der Waals surface area contributed by atoms with Crippen LogP contribution in [0.2, 0.25) is 0 Å². The van der Waals surface area contributed by atoms with Crippen LogP contribution < -0.4 is 0 Å². The fraction of sp³-hybridized carbons (Fsp3) is 0.385. The van der Waals surface area contributed by atoms with Gasteiger partial charge in [-0.25, -0.2) is 4.79 Å². The third-order valence-electron chi connectivity index (χ3n) is 2.17. The van der Waals surface area contributed by atoms with Crippen molar-refractivity contribution in [2.75, 3.05) is 0 Å². The predicted octanol–water partition coefficient (Wildman–Crippen LogP) is 2.45. The van der Waals surface area contributed by atoms with Gasteiger partial charge in [0.05, 0.1) is 6.42 Å². The van der Waals surface area contributed by atoms with Crippen LogP contribution >= 0.6 is 0 Å². The zero-order valence-electron chi connectivity index (χ0n) is 10.1. The van der Waals surface area contributed by atoms with Crippen molar-refractivity contribution in [1.82, 2.24) is 0 Å². The average Bonchev–Trinajstić information content (AvgIpc) is 2.34. The van der Waals surface area contributed by atoms with E-state index in [1.165, 1.54) is 0 Å². The standard InChI is InChI=1S/C13H16N2O2/c1-10(2)8-12(15-14)13(16)17-9-11-6-4-3-5-7-11/h3-7,10H,8-9H2,1-2H3. The van der Waals surface area contributed by atoms with Gasteiger partial charge < -0.3 is 10.3 Å². The van der Waals surface area contributed by atoms with Gasteiger partial charge in [-0.2, -0.15) is 4.79 Å². The number of hydrogen-bond acceptors (Lipinski definition) is 2. The Morgan fingerprint density at radius 2 is 2.00 bits per heavy atom. The molecule has 0 amide bonds. The van der Waals surface area contributed by atoms with E-state index in [2.05, 4.69) is 4.79 Å². The van der Waals surface area contributed by atoms with Crippen molar-refractivity contribution in [1.29, 1.82) is 0 Å². The van der Waals surface area contributed by atoms with Crippen LogP contribution in [0.15, 0.2) is 30.3 Å². The molecule has 0 atom stereocenters. The Balaban J connectivity index is 2.52. The average molecular weight is 232 g/mol. The van der Waals surface area contributed by atoms with Gasteiger partial charge in [0.15, 0.2) is 0 Å². The second-order valence-corrected chi connectivity index (χ2v) is 4.21. The van der Waals surface area contributed by atoms with Crippen molar-refractivity contribution < 1.29 is 14.3 Å². The van der Waals surface area contributed by atoms with Gasteiger partial charge in [0, 0.05) is 0 Å². The zero-order valence-corrected chi connectivity index (χ0v) is 10.1. The van der Waals surface area contributed by atoms with Gasteiger partial charge in [-0.15, -0.1) is 0 Å². The Morgan fingerprint density at radius 3 is 2.53 bits per heavy atom. The first kappa shape index (κ1) is 13.1. The highest BCUT2D eigenvalue weighted by molar-refractivity contribution is 6.33. The van der Waals surface area contributed by atoms with Crippen LogP contribution in [0.5, 0.6) is 0 Å². The Labute approximate surface area is 101 Å². The van der Waals surface area contributed by atoms with Crippen LogP contribution in [0.25, 0.3) is 5.53 Å².